The first-order valence-electron chi connectivity index (χ1n) is 12.8. The molecule has 35 heavy (non-hydrogen) atoms. The fourth-order valence-electron chi connectivity index (χ4n) is 4.56. The first kappa shape index (κ1) is 29.3. The van der Waals surface area contributed by atoms with E-state index < -0.39 is 12.1 Å². The molecule has 0 heterocycles. The Bertz CT molecular complexity index is 961. The number of hydrogen-bond donors (Lipinski definition) is 2. The average Bonchev–Trinajstić information content (AvgIpc) is 2.98. The summed E-state index contributed by atoms with van der Waals surface area (Å²) in [6, 6.07) is 7.01. The van der Waals surface area contributed by atoms with Gasteiger partial charge in [0.15, 0.2) is 0 Å². The van der Waals surface area contributed by atoms with E-state index in [4.69, 9.17) is 9.84 Å². The molecule has 0 saturated heterocycles. The number of benzene rings is 1. The van der Waals surface area contributed by atoms with E-state index in [1.165, 1.54) is 22.3 Å². The van der Waals surface area contributed by atoms with E-state index >= 15 is 0 Å². The van der Waals surface area contributed by atoms with Gasteiger partial charge in [-0.15, -0.1) is 0 Å². The lowest BCUT2D eigenvalue weighted by Gasteiger charge is -2.35. The van der Waals surface area contributed by atoms with Gasteiger partial charge < -0.3 is 14.9 Å². The summed E-state index contributed by atoms with van der Waals surface area (Å²) in [5.41, 5.74) is 6.46. The van der Waals surface area contributed by atoms with Crippen LogP contribution >= 0.6 is 11.8 Å². The molecule has 4 nitrogen and oxygen atoms in total. The minimum atomic E-state index is -0.909. The smallest absolute Gasteiger partial charge is 0.303 e. The number of aliphatic hydroxyl groups is 1. The van der Waals surface area contributed by atoms with Crippen LogP contribution in [-0.2, 0) is 20.7 Å². The van der Waals surface area contributed by atoms with Crippen molar-refractivity contribution in [1.82, 2.24) is 0 Å². The van der Waals surface area contributed by atoms with Gasteiger partial charge in [0.05, 0.1) is 6.10 Å². The third-order valence-corrected chi connectivity index (χ3v) is 8.27. The monoisotopic (exact) mass is 500 g/mol. The lowest BCUT2D eigenvalue weighted by molar-refractivity contribution is -0.137. The Balaban J connectivity index is 2.28. The molecule has 1 aliphatic rings. The molecule has 5 heteroatoms. The zero-order valence-electron chi connectivity index (χ0n) is 22.6. The molecule has 0 amide bonds. The van der Waals surface area contributed by atoms with Crippen LogP contribution < -0.4 is 0 Å². The minimum Gasteiger partial charge on any atom is -0.491 e. The Hall–Kier alpha value is -1.98. The number of carboxylic acid groups (broad SMARTS) is 1. The van der Waals surface area contributed by atoms with Gasteiger partial charge in [0.25, 0.3) is 0 Å². The first-order valence-corrected chi connectivity index (χ1v) is 13.8. The van der Waals surface area contributed by atoms with E-state index in [1.807, 2.05) is 24.8 Å². The fraction of sp³-hybridized carbons (Fsp3) is 0.567. The normalized spacial score (nSPS) is 15.6. The van der Waals surface area contributed by atoms with Crippen molar-refractivity contribution in [2.75, 3.05) is 6.61 Å². The van der Waals surface area contributed by atoms with Gasteiger partial charge in [-0.1, -0.05) is 70.5 Å². The highest BCUT2D eigenvalue weighted by Gasteiger charge is 2.33. The predicted octanol–water partition coefficient (Wildman–Crippen LogP) is 7.49. The first-order chi connectivity index (χ1) is 16.4. The molecule has 0 radical (unpaired) electrons. The summed E-state index contributed by atoms with van der Waals surface area (Å²) in [4.78, 5) is 10.7. The molecule has 0 unspecified atom stereocenters. The lowest BCUT2D eigenvalue weighted by atomic mass is 9.68. The van der Waals surface area contributed by atoms with Crippen LogP contribution in [0.3, 0.4) is 0 Å². The number of carboxylic acids is 1. The molecule has 0 saturated carbocycles. The second-order valence-corrected chi connectivity index (χ2v) is 12.3. The molecular formula is C30H44O4S. The number of thioether (sulfide) groups is 1. The highest BCUT2D eigenvalue weighted by molar-refractivity contribution is 7.99. The van der Waals surface area contributed by atoms with E-state index in [-0.39, 0.29) is 29.6 Å². The molecule has 194 valence electrons. The second-order valence-electron chi connectivity index (χ2n) is 10.5. The number of carbonyl (C=O) groups is 1. The van der Waals surface area contributed by atoms with Gasteiger partial charge in [-0.25, -0.2) is 0 Å². The van der Waals surface area contributed by atoms with Crippen LogP contribution in [0.1, 0.15) is 90.3 Å². The molecule has 1 aromatic rings. The zero-order valence-corrected chi connectivity index (χ0v) is 23.4. The summed E-state index contributed by atoms with van der Waals surface area (Å²) < 4.78 is 6.14. The van der Waals surface area contributed by atoms with Crippen molar-refractivity contribution < 1.29 is 19.7 Å². The third-order valence-electron chi connectivity index (χ3n) is 6.95. The Morgan fingerprint density at radius 1 is 1.14 bits per heavy atom. The van der Waals surface area contributed by atoms with Crippen LogP contribution in [0, 0.1) is 6.92 Å². The van der Waals surface area contributed by atoms with Crippen LogP contribution in [0.25, 0.3) is 0 Å². The molecule has 1 aromatic carbocycles. The van der Waals surface area contributed by atoms with Crippen LogP contribution in [0.15, 0.2) is 53.3 Å². The molecule has 2 rings (SSSR count). The quantitative estimate of drug-likeness (QED) is 0.311. The summed E-state index contributed by atoms with van der Waals surface area (Å²) >= 11 is 1.98. The molecule has 0 aliphatic heterocycles. The number of hydrogen-bond acceptors (Lipinski definition) is 4. The summed E-state index contributed by atoms with van der Waals surface area (Å²) in [5.74, 6) is 0.849. The van der Waals surface area contributed by atoms with Crippen molar-refractivity contribution in [3.8, 4) is 0 Å². The number of rotatable bonds is 12. The van der Waals surface area contributed by atoms with Gasteiger partial charge in [-0.3, -0.25) is 4.79 Å². The van der Waals surface area contributed by atoms with Crippen molar-refractivity contribution in [1.29, 1.82) is 0 Å². The lowest BCUT2D eigenvalue weighted by Crippen LogP contribution is -2.27. The number of ether oxygens (including phenoxy) is 1. The number of allylic oxidation sites excluding steroid dienone is 5. The van der Waals surface area contributed by atoms with Crippen LogP contribution in [-0.4, -0.2) is 33.6 Å². The summed E-state index contributed by atoms with van der Waals surface area (Å²) in [6.45, 7) is 15.7. The van der Waals surface area contributed by atoms with Gasteiger partial charge in [0.1, 0.15) is 12.4 Å². The summed E-state index contributed by atoms with van der Waals surface area (Å²) in [5, 5.41) is 18.9. The van der Waals surface area contributed by atoms with Crippen molar-refractivity contribution in [3.05, 3.63) is 70.0 Å². The van der Waals surface area contributed by atoms with Crippen molar-refractivity contribution in [3.63, 3.8) is 0 Å². The van der Waals surface area contributed by atoms with E-state index in [1.54, 1.807) is 0 Å². The van der Waals surface area contributed by atoms with Crippen LogP contribution in [0.2, 0.25) is 0 Å². The third kappa shape index (κ3) is 8.28. The van der Waals surface area contributed by atoms with E-state index in [0.29, 0.717) is 0 Å². The fourth-order valence-corrected chi connectivity index (χ4v) is 5.48. The van der Waals surface area contributed by atoms with Gasteiger partial charge >= 0.3 is 5.97 Å². The number of aryl methyl sites for hydroxylation is 1. The van der Waals surface area contributed by atoms with E-state index in [0.717, 1.165) is 36.3 Å². The van der Waals surface area contributed by atoms with Gasteiger partial charge in [-0.2, -0.15) is 11.8 Å². The van der Waals surface area contributed by atoms with Gasteiger partial charge in [0.2, 0.25) is 0 Å². The summed E-state index contributed by atoms with van der Waals surface area (Å²) in [6.07, 6.45) is 8.60. The number of aliphatic hydroxyl groups excluding tert-OH is 1. The standard InChI is InChI=1S/C30H44O4S/c1-8-30(9-2,25-13-11-23(22(4)18-25)20-35-29(5,6)7)24-12-10-21(3)27(16-14-24)34-19-26(31)15-17-28(32)33/h10-11,13-14,16,18,26,31H,8-9,12,15,17,19-20H2,1-7H3,(H,32,33)/t26-/m0/s1. The van der Waals surface area contributed by atoms with Crippen LogP contribution in [0.4, 0.5) is 0 Å². The Kier molecular flexibility index (Phi) is 10.7. The van der Waals surface area contributed by atoms with Crippen molar-refractivity contribution >= 4 is 17.7 Å². The van der Waals surface area contributed by atoms with Crippen molar-refractivity contribution in [2.24, 2.45) is 0 Å². The zero-order chi connectivity index (χ0) is 26.2. The molecule has 0 aromatic heterocycles. The van der Waals surface area contributed by atoms with Gasteiger partial charge in [0, 0.05) is 22.3 Å². The maximum atomic E-state index is 10.7. The molecule has 1 atom stereocenters. The average molecular weight is 501 g/mol. The largest absolute Gasteiger partial charge is 0.491 e. The molecule has 0 fully saturated rings. The highest BCUT2D eigenvalue weighted by Crippen LogP contribution is 2.43. The Morgan fingerprint density at radius 2 is 1.83 bits per heavy atom. The van der Waals surface area contributed by atoms with E-state index in [9.17, 15) is 9.90 Å². The maximum Gasteiger partial charge on any atom is 0.303 e. The van der Waals surface area contributed by atoms with Crippen molar-refractivity contribution in [2.45, 2.75) is 103 Å². The molecule has 0 spiro atoms. The minimum absolute atomic E-state index is 0.0514. The van der Waals surface area contributed by atoms with Crippen LogP contribution in [0.5, 0.6) is 0 Å². The molecule has 0 bridgehead atoms. The predicted molar refractivity (Wildman–Crippen MR) is 148 cm³/mol. The molecule has 2 N–H and O–H groups in total. The molecule has 1 aliphatic carbocycles. The Morgan fingerprint density at radius 3 is 2.40 bits per heavy atom. The topological polar surface area (TPSA) is 66.8 Å². The molecular weight excluding hydrogens is 456 g/mol. The Labute approximate surface area is 216 Å². The number of aliphatic carboxylic acids is 1. The second kappa shape index (κ2) is 12.8. The maximum absolute atomic E-state index is 10.7. The van der Waals surface area contributed by atoms with Gasteiger partial charge in [-0.05, 0) is 67.9 Å². The van der Waals surface area contributed by atoms with E-state index in [2.05, 4.69) is 71.9 Å². The SMILES string of the molecule is CCC(CC)(C1=CC=C(OC[C@@H](O)CCC(=O)O)C(C)=CC1)c1ccc(CSC(C)(C)C)c(C)c1. The highest BCUT2D eigenvalue weighted by atomic mass is 32.2. The summed E-state index contributed by atoms with van der Waals surface area (Å²) in [7, 11) is 0.